The maximum Gasteiger partial charge on any atom is 0.256 e. The fourth-order valence-corrected chi connectivity index (χ4v) is 3.96. The van der Waals surface area contributed by atoms with Crippen molar-refractivity contribution in [3.8, 4) is 0 Å². The van der Waals surface area contributed by atoms with E-state index in [1.165, 1.54) is 6.42 Å². The summed E-state index contributed by atoms with van der Waals surface area (Å²) in [5.41, 5.74) is 0.572. The number of aromatic nitrogens is 2. The molecular formula is C24H32N4O3. The molecule has 1 aliphatic carbocycles. The van der Waals surface area contributed by atoms with Gasteiger partial charge in [0.2, 0.25) is 5.43 Å². The van der Waals surface area contributed by atoms with Crippen molar-refractivity contribution in [2.45, 2.75) is 65.0 Å². The van der Waals surface area contributed by atoms with E-state index in [-0.39, 0.29) is 23.1 Å². The average molecular weight is 425 g/mol. The van der Waals surface area contributed by atoms with E-state index < -0.39 is 11.3 Å². The second kappa shape index (κ2) is 10.9. The zero-order valence-electron chi connectivity index (χ0n) is 18.4. The largest absolute Gasteiger partial charge is 0.352 e. The highest BCUT2D eigenvalue weighted by atomic mass is 16.2. The lowest BCUT2D eigenvalue weighted by Crippen LogP contribution is -2.40. The lowest BCUT2D eigenvalue weighted by Gasteiger charge is -2.23. The van der Waals surface area contributed by atoms with E-state index in [0.29, 0.717) is 25.4 Å². The lowest BCUT2D eigenvalue weighted by atomic mass is 9.95. The van der Waals surface area contributed by atoms with Gasteiger partial charge in [0, 0.05) is 43.9 Å². The van der Waals surface area contributed by atoms with Crippen LogP contribution >= 0.6 is 0 Å². The van der Waals surface area contributed by atoms with Crippen LogP contribution in [0.4, 0.5) is 0 Å². The van der Waals surface area contributed by atoms with E-state index in [4.69, 9.17) is 0 Å². The highest BCUT2D eigenvalue weighted by Gasteiger charge is 2.22. The summed E-state index contributed by atoms with van der Waals surface area (Å²) in [4.78, 5) is 42.7. The Bertz CT molecular complexity index is 947. The van der Waals surface area contributed by atoms with Gasteiger partial charge in [-0.15, -0.1) is 0 Å². The van der Waals surface area contributed by atoms with Crippen molar-refractivity contribution in [1.82, 2.24) is 20.2 Å². The van der Waals surface area contributed by atoms with Crippen molar-refractivity contribution in [1.29, 1.82) is 0 Å². The molecule has 2 heterocycles. The number of rotatable bonds is 8. The molecule has 7 heteroatoms. The molecule has 0 aromatic carbocycles. The molecule has 3 rings (SSSR count). The third-order valence-corrected chi connectivity index (χ3v) is 5.53. The molecule has 2 amide bonds. The summed E-state index contributed by atoms with van der Waals surface area (Å²) >= 11 is 0. The van der Waals surface area contributed by atoms with Crippen molar-refractivity contribution < 1.29 is 9.59 Å². The number of amides is 2. The maximum absolute atomic E-state index is 13.0. The molecule has 1 fully saturated rings. The first kappa shape index (κ1) is 22.7. The summed E-state index contributed by atoms with van der Waals surface area (Å²) in [6, 6.07) is 3.87. The Morgan fingerprint density at radius 1 is 1.06 bits per heavy atom. The van der Waals surface area contributed by atoms with E-state index in [1.807, 2.05) is 26.0 Å². The Hall–Kier alpha value is -2.96. The molecule has 0 aliphatic heterocycles. The van der Waals surface area contributed by atoms with Gasteiger partial charge in [-0.05, 0) is 42.9 Å². The minimum atomic E-state index is -0.519. The molecule has 31 heavy (non-hydrogen) atoms. The molecule has 1 saturated carbocycles. The minimum absolute atomic E-state index is 0.00618. The summed E-state index contributed by atoms with van der Waals surface area (Å²) < 4.78 is 1.78. The molecule has 0 spiro atoms. The van der Waals surface area contributed by atoms with Gasteiger partial charge >= 0.3 is 0 Å². The first-order valence-electron chi connectivity index (χ1n) is 11.2. The fraction of sp³-hybridized carbons (Fsp3) is 0.500. The molecule has 0 saturated heterocycles. The first-order valence-corrected chi connectivity index (χ1v) is 11.2. The summed E-state index contributed by atoms with van der Waals surface area (Å²) in [5, 5.41) is 5.81. The van der Waals surface area contributed by atoms with E-state index >= 15 is 0 Å². The molecule has 0 atom stereocenters. The van der Waals surface area contributed by atoms with Crippen LogP contribution in [-0.2, 0) is 13.0 Å². The van der Waals surface area contributed by atoms with Crippen LogP contribution in [0.1, 0.15) is 72.2 Å². The molecule has 2 N–H and O–H groups in total. The van der Waals surface area contributed by atoms with Gasteiger partial charge < -0.3 is 15.2 Å². The van der Waals surface area contributed by atoms with Crippen LogP contribution in [0.3, 0.4) is 0 Å². The molecule has 166 valence electrons. The van der Waals surface area contributed by atoms with E-state index in [9.17, 15) is 14.4 Å². The Morgan fingerprint density at radius 2 is 1.71 bits per heavy atom. The van der Waals surface area contributed by atoms with Crippen LogP contribution in [-0.4, -0.2) is 34.0 Å². The van der Waals surface area contributed by atoms with Gasteiger partial charge in [-0.2, -0.15) is 0 Å². The van der Waals surface area contributed by atoms with Gasteiger partial charge in [-0.25, -0.2) is 0 Å². The molecule has 2 aromatic rings. The second-order valence-corrected chi connectivity index (χ2v) is 8.68. The average Bonchev–Trinajstić information content (AvgIpc) is 2.75. The molecular weight excluding hydrogens is 392 g/mol. The summed E-state index contributed by atoms with van der Waals surface area (Å²) in [6.45, 7) is 5.11. The Morgan fingerprint density at radius 3 is 2.35 bits per heavy atom. The zero-order valence-corrected chi connectivity index (χ0v) is 18.4. The standard InChI is InChI=1S/C24H32N4O3/c1-17(2)14-28-15-20(23(30)26-13-10-18-8-11-25-12-9-18)22(29)21(16-28)24(31)27-19-6-4-3-5-7-19/h8-9,11-12,15-17,19H,3-7,10,13-14H2,1-2H3,(H,26,30)(H,27,31). The number of nitrogens with zero attached hydrogens (tertiary/aromatic N) is 2. The second-order valence-electron chi connectivity index (χ2n) is 8.68. The van der Waals surface area contributed by atoms with Crippen molar-refractivity contribution >= 4 is 11.8 Å². The van der Waals surface area contributed by atoms with E-state index in [0.717, 1.165) is 31.2 Å². The third-order valence-electron chi connectivity index (χ3n) is 5.53. The molecule has 0 unspecified atom stereocenters. The van der Waals surface area contributed by atoms with Gasteiger partial charge in [-0.3, -0.25) is 19.4 Å². The zero-order chi connectivity index (χ0) is 22.2. The Balaban J connectivity index is 1.77. The van der Waals surface area contributed by atoms with Gasteiger partial charge in [-0.1, -0.05) is 33.1 Å². The van der Waals surface area contributed by atoms with Crippen LogP contribution < -0.4 is 16.1 Å². The smallest absolute Gasteiger partial charge is 0.256 e. The summed E-state index contributed by atoms with van der Waals surface area (Å²) in [7, 11) is 0. The normalized spacial score (nSPS) is 14.4. The lowest BCUT2D eigenvalue weighted by molar-refractivity contribution is 0.0925. The third kappa shape index (κ3) is 6.51. The number of hydrogen-bond donors (Lipinski definition) is 2. The van der Waals surface area contributed by atoms with E-state index in [2.05, 4.69) is 15.6 Å². The molecule has 0 radical (unpaired) electrons. The quantitative estimate of drug-likeness (QED) is 0.681. The van der Waals surface area contributed by atoms with Crippen LogP contribution in [0, 0.1) is 5.92 Å². The van der Waals surface area contributed by atoms with Crippen LogP contribution in [0.15, 0.2) is 41.7 Å². The van der Waals surface area contributed by atoms with Gasteiger partial charge in [0.15, 0.2) is 0 Å². The van der Waals surface area contributed by atoms with Gasteiger partial charge in [0.25, 0.3) is 11.8 Å². The topological polar surface area (TPSA) is 93.1 Å². The van der Waals surface area contributed by atoms with Crippen LogP contribution in [0.5, 0.6) is 0 Å². The minimum Gasteiger partial charge on any atom is -0.352 e. The van der Waals surface area contributed by atoms with Crippen molar-refractivity contribution in [3.05, 3.63) is 63.8 Å². The number of pyridine rings is 2. The van der Waals surface area contributed by atoms with Gasteiger partial charge in [0.1, 0.15) is 11.1 Å². The van der Waals surface area contributed by atoms with Crippen molar-refractivity contribution in [3.63, 3.8) is 0 Å². The SMILES string of the molecule is CC(C)Cn1cc(C(=O)NCCc2ccncc2)c(=O)c(C(=O)NC2CCCCC2)c1. The highest BCUT2D eigenvalue weighted by Crippen LogP contribution is 2.17. The number of hydrogen-bond acceptors (Lipinski definition) is 4. The summed E-state index contributed by atoms with van der Waals surface area (Å²) in [6.07, 6.45) is 12.4. The van der Waals surface area contributed by atoms with Crippen LogP contribution in [0.25, 0.3) is 0 Å². The predicted octanol–water partition coefficient (Wildman–Crippen LogP) is 2.93. The summed E-state index contributed by atoms with van der Waals surface area (Å²) in [5.74, 6) is -0.538. The fourth-order valence-electron chi connectivity index (χ4n) is 3.96. The van der Waals surface area contributed by atoms with Crippen molar-refractivity contribution in [2.75, 3.05) is 6.54 Å². The first-order chi connectivity index (χ1) is 14.9. The molecule has 7 nitrogen and oxygen atoms in total. The molecule has 1 aliphatic rings. The molecule has 0 bridgehead atoms. The maximum atomic E-state index is 13.0. The van der Waals surface area contributed by atoms with E-state index in [1.54, 1.807) is 29.4 Å². The van der Waals surface area contributed by atoms with Crippen LogP contribution in [0.2, 0.25) is 0 Å². The number of nitrogens with one attached hydrogen (secondary N) is 2. The Labute approximate surface area is 183 Å². The van der Waals surface area contributed by atoms with Gasteiger partial charge in [0.05, 0.1) is 0 Å². The number of carbonyl (C=O) groups excluding carboxylic acids is 2. The highest BCUT2D eigenvalue weighted by molar-refractivity contribution is 5.99. The van der Waals surface area contributed by atoms with Crippen molar-refractivity contribution in [2.24, 2.45) is 5.92 Å². The monoisotopic (exact) mass is 424 g/mol. The molecule has 2 aromatic heterocycles. The predicted molar refractivity (Wildman–Crippen MR) is 120 cm³/mol. The Kier molecular flexibility index (Phi) is 7.98. The number of carbonyl (C=O) groups is 2.